The van der Waals surface area contributed by atoms with Gasteiger partial charge in [-0.2, -0.15) is 0 Å². The minimum Gasteiger partial charge on any atom is -0.493 e. The molecule has 0 aliphatic carbocycles. The molecule has 0 spiro atoms. The lowest BCUT2D eigenvalue weighted by Crippen LogP contribution is -2.00. The van der Waals surface area contributed by atoms with Crippen molar-refractivity contribution in [1.29, 1.82) is 0 Å². The standard InChI is InChI=1S/C14H14FNOS/c15-11-3-1-6-14(9-11)18-8-7-17-13-5-2-4-12(16)10-13/h1-6,9-10H,7-8,16H2. The third kappa shape index (κ3) is 3.96. The van der Waals surface area contributed by atoms with Crippen molar-refractivity contribution in [3.63, 3.8) is 0 Å². The molecule has 0 aliphatic rings. The van der Waals surface area contributed by atoms with Gasteiger partial charge in [-0.1, -0.05) is 12.1 Å². The van der Waals surface area contributed by atoms with Gasteiger partial charge in [0.2, 0.25) is 0 Å². The second-order valence-electron chi connectivity index (χ2n) is 3.73. The van der Waals surface area contributed by atoms with Gasteiger partial charge in [-0.05, 0) is 30.3 Å². The molecule has 0 aromatic heterocycles. The second-order valence-corrected chi connectivity index (χ2v) is 4.90. The Labute approximate surface area is 110 Å². The summed E-state index contributed by atoms with van der Waals surface area (Å²) < 4.78 is 18.5. The van der Waals surface area contributed by atoms with Crippen LogP contribution >= 0.6 is 11.8 Å². The third-order valence-electron chi connectivity index (χ3n) is 2.27. The van der Waals surface area contributed by atoms with Crippen molar-refractivity contribution in [2.24, 2.45) is 0 Å². The van der Waals surface area contributed by atoms with Crippen molar-refractivity contribution >= 4 is 17.4 Å². The zero-order valence-electron chi connectivity index (χ0n) is 9.80. The molecule has 2 nitrogen and oxygen atoms in total. The Morgan fingerprint density at radius 1 is 1.11 bits per heavy atom. The average Bonchev–Trinajstić information content (AvgIpc) is 2.35. The largest absolute Gasteiger partial charge is 0.493 e. The lowest BCUT2D eigenvalue weighted by molar-refractivity contribution is 0.344. The number of anilines is 1. The van der Waals surface area contributed by atoms with Gasteiger partial charge in [-0.3, -0.25) is 0 Å². The summed E-state index contributed by atoms with van der Waals surface area (Å²) in [4.78, 5) is 0.908. The van der Waals surface area contributed by atoms with Gasteiger partial charge in [0.15, 0.2) is 0 Å². The van der Waals surface area contributed by atoms with Gasteiger partial charge in [0.05, 0.1) is 6.61 Å². The SMILES string of the molecule is Nc1cccc(OCCSc2cccc(F)c2)c1. The van der Waals surface area contributed by atoms with Crippen molar-refractivity contribution in [2.45, 2.75) is 4.90 Å². The minimum atomic E-state index is -0.211. The Morgan fingerprint density at radius 2 is 1.94 bits per heavy atom. The molecule has 0 amide bonds. The smallest absolute Gasteiger partial charge is 0.124 e. The first-order valence-electron chi connectivity index (χ1n) is 5.61. The predicted molar refractivity (Wildman–Crippen MR) is 73.5 cm³/mol. The summed E-state index contributed by atoms with van der Waals surface area (Å²) in [7, 11) is 0. The van der Waals surface area contributed by atoms with Crippen LogP contribution in [0.3, 0.4) is 0 Å². The van der Waals surface area contributed by atoms with E-state index in [0.717, 1.165) is 16.4 Å². The molecular weight excluding hydrogens is 249 g/mol. The first-order valence-corrected chi connectivity index (χ1v) is 6.59. The van der Waals surface area contributed by atoms with E-state index in [9.17, 15) is 4.39 Å². The van der Waals surface area contributed by atoms with Gasteiger partial charge in [-0.15, -0.1) is 11.8 Å². The molecule has 0 radical (unpaired) electrons. The van der Waals surface area contributed by atoms with E-state index in [4.69, 9.17) is 10.5 Å². The van der Waals surface area contributed by atoms with Crippen LogP contribution in [-0.2, 0) is 0 Å². The molecule has 2 aromatic carbocycles. The summed E-state index contributed by atoms with van der Waals surface area (Å²) in [6.07, 6.45) is 0. The predicted octanol–water partition coefficient (Wildman–Crippen LogP) is 3.58. The molecule has 94 valence electrons. The van der Waals surface area contributed by atoms with Crippen molar-refractivity contribution < 1.29 is 9.13 Å². The quantitative estimate of drug-likeness (QED) is 0.509. The average molecular weight is 263 g/mol. The van der Waals surface area contributed by atoms with E-state index >= 15 is 0 Å². The van der Waals surface area contributed by atoms with Gasteiger partial charge in [0, 0.05) is 22.4 Å². The summed E-state index contributed by atoms with van der Waals surface area (Å²) in [5, 5.41) is 0. The minimum absolute atomic E-state index is 0.211. The van der Waals surface area contributed by atoms with Crippen LogP contribution in [0.15, 0.2) is 53.4 Å². The number of nitrogens with two attached hydrogens (primary N) is 1. The summed E-state index contributed by atoms with van der Waals surface area (Å²) in [5.74, 6) is 1.31. The van der Waals surface area contributed by atoms with Crippen LogP contribution in [0.4, 0.5) is 10.1 Å². The zero-order chi connectivity index (χ0) is 12.8. The summed E-state index contributed by atoms with van der Waals surface area (Å²) in [6, 6.07) is 13.9. The van der Waals surface area contributed by atoms with Crippen LogP contribution in [0.1, 0.15) is 0 Å². The molecule has 0 aliphatic heterocycles. The topological polar surface area (TPSA) is 35.2 Å². The molecule has 2 rings (SSSR count). The number of rotatable bonds is 5. The summed E-state index contributed by atoms with van der Waals surface area (Å²) in [6.45, 7) is 0.560. The molecular formula is C14H14FNOS. The number of thioether (sulfide) groups is 1. The van der Waals surface area contributed by atoms with E-state index < -0.39 is 0 Å². The molecule has 0 fully saturated rings. The van der Waals surface area contributed by atoms with Crippen LogP contribution in [0.25, 0.3) is 0 Å². The first-order chi connectivity index (χ1) is 8.74. The van der Waals surface area contributed by atoms with E-state index in [1.165, 1.54) is 12.1 Å². The Balaban J connectivity index is 1.76. The molecule has 0 atom stereocenters. The number of nitrogen functional groups attached to an aromatic ring is 1. The maximum absolute atomic E-state index is 12.9. The van der Waals surface area contributed by atoms with E-state index in [1.807, 2.05) is 24.3 Å². The zero-order valence-corrected chi connectivity index (χ0v) is 10.6. The fraction of sp³-hybridized carbons (Fsp3) is 0.143. The van der Waals surface area contributed by atoms with E-state index in [-0.39, 0.29) is 5.82 Å². The normalized spacial score (nSPS) is 10.3. The van der Waals surface area contributed by atoms with E-state index in [1.54, 1.807) is 23.9 Å². The molecule has 0 saturated carbocycles. The molecule has 4 heteroatoms. The van der Waals surface area contributed by atoms with Crippen molar-refractivity contribution in [2.75, 3.05) is 18.1 Å². The number of hydrogen-bond donors (Lipinski definition) is 1. The van der Waals surface area contributed by atoms with Gasteiger partial charge in [-0.25, -0.2) is 4.39 Å². The Hall–Kier alpha value is -1.68. The number of hydrogen-bond acceptors (Lipinski definition) is 3. The highest BCUT2D eigenvalue weighted by Gasteiger charge is 1.98. The van der Waals surface area contributed by atoms with E-state index in [2.05, 4.69) is 0 Å². The fourth-order valence-electron chi connectivity index (χ4n) is 1.48. The number of ether oxygens (including phenoxy) is 1. The van der Waals surface area contributed by atoms with Gasteiger partial charge < -0.3 is 10.5 Å². The first kappa shape index (κ1) is 12.8. The van der Waals surface area contributed by atoms with Crippen LogP contribution in [0, 0.1) is 5.82 Å². The molecule has 2 aromatic rings. The fourth-order valence-corrected chi connectivity index (χ4v) is 2.25. The summed E-state index contributed by atoms with van der Waals surface area (Å²) in [5.41, 5.74) is 6.33. The number of benzene rings is 2. The maximum Gasteiger partial charge on any atom is 0.124 e. The molecule has 0 unspecified atom stereocenters. The lowest BCUT2D eigenvalue weighted by Gasteiger charge is -2.06. The van der Waals surface area contributed by atoms with Crippen LogP contribution < -0.4 is 10.5 Å². The van der Waals surface area contributed by atoms with Crippen LogP contribution in [0.2, 0.25) is 0 Å². The Morgan fingerprint density at radius 3 is 2.72 bits per heavy atom. The monoisotopic (exact) mass is 263 g/mol. The van der Waals surface area contributed by atoms with Gasteiger partial charge in [0.25, 0.3) is 0 Å². The van der Waals surface area contributed by atoms with Gasteiger partial charge in [0.1, 0.15) is 11.6 Å². The van der Waals surface area contributed by atoms with E-state index in [0.29, 0.717) is 12.3 Å². The number of halogens is 1. The van der Waals surface area contributed by atoms with Crippen LogP contribution in [0.5, 0.6) is 5.75 Å². The lowest BCUT2D eigenvalue weighted by atomic mass is 10.3. The van der Waals surface area contributed by atoms with Crippen molar-refractivity contribution in [1.82, 2.24) is 0 Å². The molecule has 18 heavy (non-hydrogen) atoms. The van der Waals surface area contributed by atoms with Crippen molar-refractivity contribution in [3.05, 3.63) is 54.3 Å². The highest BCUT2D eigenvalue weighted by Crippen LogP contribution is 2.19. The highest BCUT2D eigenvalue weighted by atomic mass is 32.2. The molecule has 0 heterocycles. The third-order valence-corrected chi connectivity index (χ3v) is 3.23. The van der Waals surface area contributed by atoms with Crippen molar-refractivity contribution in [3.8, 4) is 5.75 Å². The maximum atomic E-state index is 12.9. The Kier molecular flexibility index (Phi) is 4.47. The van der Waals surface area contributed by atoms with Gasteiger partial charge >= 0.3 is 0 Å². The summed E-state index contributed by atoms with van der Waals surface area (Å²) >= 11 is 1.56. The molecule has 0 saturated heterocycles. The Bertz CT molecular complexity index is 471. The van der Waals surface area contributed by atoms with Crippen LogP contribution in [-0.4, -0.2) is 12.4 Å². The second kappa shape index (κ2) is 6.31. The molecule has 0 bridgehead atoms. The molecule has 2 N–H and O–H groups in total. The highest BCUT2D eigenvalue weighted by molar-refractivity contribution is 7.99.